The van der Waals surface area contributed by atoms with E-state index >= 15 is 0 Å². The van der Waals surface area contributed by atoms with Crippen molar-refractivity contribution in [2.75, 3.05) is 20.6 Å². The van der Waals surface area contributed by atoms with Crippen LogP contribution in [0.3, 0.4) is 0 Å². The van der Waals surface area contributed by atoms with Gasteiger partial charge >= 0.3 is 0 Å². The summed E-state index contributed by atoms with van der Waals surface area (Å²) in [6.45, 7) is 0.528. The minimum absolute atomic E-state index is 0.528. The fourth-order valence-electron chi connectivity index (χ4n) is 0.149. The predicted molar refractivity (Wildman–Crippen MR) is 24.6 cm³/mol. The Kier molecular flexibility index (Phi) is 2.67. The summed E-state index contributed by atoms with van der Waals surface area (Å²) in [5.41, 5.74) is 0. The van der Waals surface area contributed by atoms with E-state index in [2.05, 4.69) is 0 Å². The molecule has 0 aliphatic rings. The van der Waals surface area contributed by atoms with Gasteiger partial charge in [-0.25, -0.2) is 0 Å². The lowest BCUT2D eigenvalue weighted by Crippen LogP contribution is -2.13. The monoisotopic (exact) mass is 87.1 g/mol. The first-order chi connectivity index (χ1) is 2.77. The van der Waals surface area contributed by atoms with Crippen molar-refractivity contribution in [2.24, 2.45) is 0 Å². The summed E-state index contributed by atoms with van der Waals surface area (Å²) in [6.07, 6.45) is 0.875. The number of hydrogen-bond donors (Lipinski definition) is 0. The van der Waals surface area contributed by atoms with Gasteiger partial charge in [-0.1, -0.05) is 0 Å². The highest BCUT2D eigenvalue weighted by atomic mass is 16.1. The van der Waals surface area contributed by atoms with Crippen molar-refractivity contribution in [1.82, 2.24) is 4.90 Å². The van der Waals surface area contributed by atoms with Crippen LogP contribution in [0, 0.1) is 0 Å². The Hall–Kier alpha value is -0.370. The average molecular weight is 87.1 g/mol. The minimum Gasteiger partial charge on any atom is -0.303 e. The number of carbonyl (C=O) groups is 1. The van der Waals surface area contributed by atoms with Crippen molar-refractivity contribution in [2.45, 2.75) is 0 Å². The van der Waals surface area contributed by atoms with Gasteiger partial charge in [0.25, 0.3) is 0 Å². The van der Waals surface area contributed by atoms with Crippen molar-refractivity contribution in [1.29, 1.82) is 0 Å². The molecule has 2 heteroatoms. The van der Waals surface area contributed by atoms with E-state index < -0.39 is 0 Å². The Morgan fingerprint density at radius 3 is 2.17 bits per heavy atom. The molecule has 0 atom stereocenters. The molecule has 0 N–H and O–H groups in total. The molecule has 0 aliphatic heterocycles. The Morgan fingerprint density at radius 1 is 1.67 bits per heavy atom. The van der Waals surface area contributed by atoms with E-state index in [1.54, 1.807) is 0 Å². The van der Waals surface area contributed by atoms with Crippen molar-refractivity contribution in [3.8, 4) is 0 Å². The van der Waals surface area contributed by atoms with E-state index in [9.17, 15) is 4.79 Å². The molecule has 0 rings (SSSR count). The second-order valence-corrected chi connectivity index (χ2v) is 1.43. The lowest BCUT2D eigenvalue weighted by molar-refractivity contribution is -0.108. The molecular formula is C4H9NO. The van der Waals surface area contributed by atoms with Crippen LogP contribution in [0.1, 0.15) is 0 Å². The Morgan fingerprint density at radius 2 is 2.17 bits per heavy atom. The third-order valence-corrected chi connectivity index (χ3v) is 0.440. The Balaban J connectivity index is 2.81. The maximum absolute atomic E-state index is 9.57. The van der Waals surface area contributed by atoms with Gasteiger partial charge in [0.15, 0.2) is 0 Å². The third kappa shape index (κ3) is 3.63. The van der Waals surface area contributed by atoms with Crippen molar-refractivity contribution < 1.29 is 4.79 Å². The molecule has 36 valence electrons. The number of carbonyl (C=O) groups excluding carboxylic acids is 1. The Labute approximate surface area is 37.8 Å². The zero-order valence-electron chi connectivity index (χ0n) is 4.14. The molecule has 0 aliphatic carbocycles. The van der Waals surface area contributed by atoms with Crippen LogP contribution >= 0.6 is 0 Å². The van der Waals surface area contributed by atoms with Crippen LogP contribution in [-0.4, -0.2) is 31.8 Å². The van der Waals surface area contributed by atoms with Crippen LogP contribution in [0.2, 0.25) is 0 Å². The number of aldehydes is 1. The Bertz CT molecular complexity index is 42.8. The summed E-state index contributed by atoms with van der Waals surface area (Å²) in [5, 5.41) is 0. The number of likely N-dealkylation sites (N-methyl/N-ethyl adjacent to an activating group) is 1. The van der Waals surface area contributed by atoms with Crippen LogP contribution in [0.15, 0.2) is 0 Å². The van der Waals surface area contributed by atoms with Crippen LogP contribution in [-0.2, 0) is 4.79 Å². The highest BCUT2D eigenvalue weighted by molar-refractivity contribution is 5.51. The predicted octanol–water partition coefficient (Wildman–Crippen LogP) is -0.253. The first-order valence-corrected chi connectivity index (χ1v) is 1.85. The van der Waals surface area contributed by atoms with Crippen LogP contribution in [0.4, 0.5) is 0 Å². The molecule has 0 bridgehead atoms. The van der Waals surface area contributed by atoms with Gasteiger partial charge < -0.3 is 9.69 Å². The number of nitrogens with zero attached hydrogens (tertiary/aromatic N) is 1. The van der Waals surface area contributed by atoms with Crippen molar-refractivity contribution >= 4 is 6.29 Å². The van der Waals surface area contributed by atoms with E-state index in [1.807, 2.05) is 19.0 Å². The lowest BCUT2D eigenvalue weighted by atomic mass is 10.7. The number of hydrogen-bond acceptors (Lipinski definition) is 2. The molecule has 0 saturated carbocycles. The highest BCUT2D eigenvalue weighted by Gasteiger charge is 1.79. The highest BCUT2D eigenvalue weighted by Crippen LogP contribution is 1.62. The summed E-state index contributed by atoms with van der Waals surface area (Å²) < 4.78 is 0. The van der Waals surface area contributed by atoms with Gasteiger partial charge in [-0.15, -0.1) is 0 Å². The summed E-state index contributed by atoms with van der Waals surface area (Å²) in [6, 6.07) is 0. The maximum Gasteiger partial charge on any atom is 0.133 e. The molecule has 0 aromatic rings. The molecule has 0 aromatic heterocycles. The largest absolute Gasteiger partial charge is 0.303 e. The molecule has 0 fully saturated rings. The second kappa shape index (κ2) is 2.85. The first kappa shape index (κ1) is 5.63. The standard InChI is InChI=1S/C4H9NO/c1-5(2)3-4-6/h4H,3H2,1-2H3. The topological polar surface area (TPSA) is 20.3 Å². The molecule has 6 heavy (non-hydrogen) atoms. The fourth-order valence-corrected chi connectivity index (χ4v) is 0.149. The van der Waals surface area contributed by atoms with Gasteiger partial charge in [-0.05, 0) is 14.1 Å². The van der Waals surface area contributed by atoms with Gasteiger partial charge in [0, 0.05) is 0 Å². The lowest BCUT2D eigenvalue weighted by Gasteiger charge is -1.99. The average Bonchev–Trinajstić information content (AvgIpc) is 1.35. The molecule has 0 saturated heterocycles. The smallest absolute Gasteiger partial charge is 0.133 e. The minimum atomic E-state index is 0.528. The zero-order chi connectivity index (χ0) is 4.99. The fraction of sp³-hybridized carbons (Fsp3) is 0.750. The van der Waals surface area contributed by atoms with E-state index in [0.29, 0.717) is 6.54 Å². The first-order valence-electron chi connectivity index (χ1n) is 1.85. The van der Waals surface area contributed by atoms with Crippen molar-refractivity contribution in [3.63, 3.8) is 0 Å². The van der Waals surface area contributed by atoms with Gasteiger partial charge in [0.05, 0.1) is 6.54 Å². The van der Waals surface area contributed by atoms with Crippen LogP contribution in [0.5, 0.6) is 0 Å². The van der Waals surface area contributed by atoms with Crippen LogP contribution in [0.25, 0.3) is 0 Å². The van der Waals surface area contributed by atoms with Gasteiger partial charge in [-0.2, -0.15) is 0 Å². The molecule has 2 nitrogen and oxygen atoms in total. The third-order valence-electron chi connectivity index (χ3n) is 0.440. The molecule has 0 amide bonds. The molecule has 0 aromatic carbocycles. The summed E-state index contributed by atoms with van der Waals surface area (Å²) in [5.74, 6) is 0. The van der Waals surface area contributed by atoms with Gasteiger partial charge in [0.1, 0.15) is 6.29 Å². The molecule has 0 spiro atoms. The van der Waals surface area contributed by atoms with Gasteiger partial charge in [-0.3, -0.25) is 0 Å². The molecule has 0 heterocycles. The summed E-state index contributed by atoms with van der Waals surface area (Å²) >= 11 is 0. The van der Waals surface area contributed by atoms with E-state index in [-0.39, 0.29) is 0 Å². The van der Waals surface area contributed by atoms with Crippen LogP contribution < -0.4 is 0 Å². The number of rotatable bonds is 2. The second-order valence-electron chi connectivity index (χ2n) is 1.43. The molecule has 0 radical (unpaired) electrons. The zero-order valence-corrected chi connectivity index (χ0v) is 4.14. The molecule has 0 unspecified atom stereocenters. The maximum atomic E-state index is 9.57. The summed E-state index contributed by atoms with van der Waals surface area (Å²) in [7, 11) is 3.71. The quantitative estimate of drug-likeness (QED) is 0.433. The summed E-state index contributed by atoms with van der Waals surface area (Å²) in [4.78, 5) is 11.4. The molecular weight excluding hydrogens is 78.0 g/mol. The van der Waals surface area contributed by atoms with E-state index in [4.69, 9.17) is 0 Å². The normalized spacial score (nSPS) is 9.17. The van der Waals surface area contributed by atoms with Crippen molar-refractivity contribution in [3.05, 3.63) is 0 Å². The van der Waals surface area contributed by atoms with Gasteiger partial charge in [0.2, 0.25) is 0 Å². The SMILES string of the molecule is CN(C)CC=O. The van der Waals surface area contributed by atoms with E-state index in [0.717, 1.165) is 6.29 Å². The van der Waals surface area contributed by atoms with E-state index in [1.165, 1.54) is 0 Å².